The minimum atomic E-state index is -1.16. The van der Waals surface area contributed by atoms with E-state index in [4.69, 9.17) is 9.47 Å². The maximum absolute atomic E-state index is 13.5. The standard InChI is InChI=1S/C32H40N6O9/c1-2-46-32(45)37-15-13-36(14-16-37)31(44)24(9-10-28(40)41)35-30(43)25-17-26(22-5-3-4-6-23(22)34-25)47-19-27(39)38-12-11-20(18-38)29(42)33-21-7-8-21/h3-6,17,20-21,24H,2,7-16,18-19H2,1H3,(H,33,42)(H,35,43)(H,40,41)/t20-,24+/m1/s1. The number of rotatable bonds is 12. The molecule has 0 spiro atoms. The van der Waals surface area contributed by atoms with Crippen LogP contribution in [0.4, 0.5) is 4.79 Å². The minimum Gasteiger partial charge on any atom is -0.483 e. The lowest BCUT2D eigenvalue weighted by Gasteiger charge is -2.35. The van der Waals surface area contributed by atoms with Gasteiger partial charge in [-0.15, -0.1) is 0 Å². The first kappa shape index (κ1) is 33.4. The number of nitrogens with zero attached hydrogens (tertiary/aromatic N) is 4. The van der Waals surface area contributed by atoms with Crippen molar-refractivity contribution in [3.63, 3.8) is 0 Å². The van der Waals surface area contributed by atoms with E-state index in [-0.39, 0.29) is 87.5 Å². The number of benzene rings is 1. The molecule has 3 heterocycles. The number of aliphatic carboxylic acids is 1. The van der Waals surface area contributed by atoms with Crippen LogP contribution in [-0.4, -0.2) is 125 Å². The number of aromatic nitrogens is 1. The third-order valence-electron chi connectivity index (χ3n) is 8.47. The second kappa shape index (κ2) is 15.1. The summed E-state index contributed by atoms with van der Waals surface area (Å²) in [4.78, 5) is 84.8. The molecular formula is C32H40N6O9. The number of pyridine rings is 1. The van der Waals surface area contributed by atoms with Gasteiger partial charge in [0.1, 0.15) is 17.5 Å². The molecule has 2 aliphatic heterocycles. The average Bonchev–Trinajstić information content (AvgIpc) is 3.74. The Morgan fingerprint density at radius 2 is 1.70 bits per heavy atom. The Bertz CT molecular complexity index is 1520. The van der Waals surface area contributed by atoms with E-state index in [0.29, 0.717) is 30.4 Å². The fourth-order valence-electron chi connectivity index (χ4n) is 5.66. The lowest BCUT2D eigenvalue weighted by atomic mass is 10.1. The number of nitrogens with one attached hydrogen (secondary N) is 2. The fraction of sp³-hybridized carbons (Fsp3) is 0.531. The number of amides is 5. The molecule has 2 atom stereocenters. The largest absolute Gasteiger partial charge is 0.483 e. The molecule has 3 N–H and O–H groups in total. The highest BCUT2D eigenvalue weighted by molar-refractivity contribution is 5.99. The first-order valence-corrected chi connectivity index (χ1v) is 16.0. The number of hydrogen-bond acceptors (Lipinski definition) is 9. The predicted octanol–water partition coefficient (Wildman–Crippen LogP) is 1.00. The molecule has 5 rings (SSSR count). The number of likely N-dealkylation sites (tertiary alicyclic amines) is 1. The number of carbonyl (C=O) groups excluding carboxylic acids is 5. The number of piperazine rings is 1. The molecule has 1 saturated carbocycles. The number of ether oxygens (including phenoxy) is 2. The Labute approximate surface area is 271 Å². The molecule has 1 aliphatic carbocycles. The number of carboxylic acids is 1. The molecule has 0 radical (unpaired) electrons. The highest BCUT2D eigenvalue weighted by Crippen LogP contribution is 2.27. The molecule has 3 fully saturated rings. The van der Waals surface area contributed by atoms with E-state index in [9.17, 15) is 33.9 Å². The molecule has 0 bridgehead atoms. The molecule has 15 heteroatoms. The minimum absolute atomic E-state index is 0.0291. The van der Waals surface area contributed by atoms with E-state index in [1.807, 2.05) is 0 Å². The highest BCUT2D eigenvalue weighted by Gasteiger charge is 2.34. The Balaban J connectivity index is 1.25. The maximum atomic E-state index is 13.5. The van der Waals surface area contributed by atoms with E-state index in [1.54, 1.807) is 36.1 Å². The number of fused-ring (bicyclic) bond motifs is 1. The summed E-state index contributed by atoms with van der Waals surface area (Å²) in [5.41, 5.74) is 0.341. The van der Waals surface area contributed by atoms with Crippen LogP contribution in [-0.2, 0) is 23.9 Å². The van der Waals surface area contributed by atoms with Crippen molar-refractivity contribution in [2.24, 2.45) is 5.92 Å². The van der Waals surface area contributed by atoms with Gasteiger partial charge in [0.2, 0.25) is 11.8 Å². The summed E-state index contributed by atoms with van der Waals surface area (Å²) in [6.07, 6.45) is 1.57. The van der Waals surface area contributed by atoms with Crippen LogP contribution in [0.15, 0.2) is 30.3 Å². The molecule has 1 aromatic heterocycles. The molecule has 5 amide bonds. The van der Waals surface area contributed by atoms with Crippen molar-refractivity contribution < 1.29 is 43.3 Å². The van der Waals surface area contributed by atoms with Gasteiger partial charge in [-0.2, -0.15) is 0 Å². The second-order valence-corrected chi connectivity index (χ2v) is 11.9. The average molecular weight is 653 g/mol. The zero-order valence-electron chi connectivity index (χ0n) is 26.3. The van der Waals surface area contributed by atoms with Crippen molar-refractivity contribution in [1.29, 1.82) is 0 Å². The summed E-state index contributed by atoms with van der Waals surface area (Å²) in [6, 6.07) is 7.40. The van der Waals surface area contributed by atoms with Crippen LogP contribution in [0.5, 0.6) is 5.75 Å². The van der Waals surface area contributed by atoms with Gasteiger partial charge in [0.25, 0.3) is 11.8 Å². The van der Waals surface area contributed by atoms with Crippen LogP contribution in [0.3, 0.4) is 0 Å². The van der Waals surface area contributed by atoms with E-state index in [0.717, 1.165) is 12.8 Å². The predicted molar refractivity (Wildman–Crippen MR) is 166 cm³/mol. The van der Waals surface area contributed by atoms with Crippen molar-refractivity contribution >= 4 is 46.6 Å². The first-order chi connectivity index (χ1) is 22.6. The van der Waals surface area contributed by atoms with E-state index >= 15 is 0 Å². The summed E-state index contributed by atoms with van der Waals surface area (Å²) in [6.45, 7) is 3.24. The summed E-state index contributed by atoms with van der Waals surface area (Å²) in [5.74, 6) is -2.65. The van der Waals surface area contributed by atoms with Gasteiger partial charge in [0, 0.05) is 63.2 Å². The van der Waals surface area contributed by atoms with Gasteiger partial charge in [0.05, 0.1) is 18.0 Å². The molecule has 15 nitrogen and oxygen atoms in total. The van der Waals surface area contributed by atoms with Gasteiger partial charge >= 0.3 is 12.1 Å². The van der Waals surface area contributed by atoms with Gasteiger partial charge in [-0.1, -0.05) is 12.1 Å². The van der Waals surface area contributed by atoms with Crippen molar-refractivity contribution in [1.82, 2.24) is 30.3 Å². The Kier molecular flexibility index (Phi) is 10.7. The van der Waals surface area contributed by atoms with Crippen LogP contribution >= 0.6 is 0 Å². The van der Waals surface area contributed by atoms with Crippen molar-refractivity contribution in [3.8, 4) is 5.75 Å². The third kappa shape index (κ3) is 8.65. The number of hydrogen-bond donors (Lipinski definition) is 3. The van der Waals surface area contributed by atoms with E-state index in [1.165, 1.54) is 15.9 Å². The normalized spacial score (nSPS) is 18.4. The molecule has 2 saturated heterocycles. The molecule has 47 heavy (non-hydrogen) atoms. The van der Waals surface area contributed by atoms with E-state index < -0.39 is 29.9 Å². The van der Waals surface area contributed by atoms with Gasteiger partial charge in [-0.3, -0.25) is 24.0 Å². The Morgan fingerprint density at radius 1 is 0.979 bits per heavy atom. The van der Waals surface area contributed by atoms with Crippen LogP contribution < -0.4 is 15.4 Å². The van der Waals surface area contributed by atoms with Gasteiger partial charge in [-0.05, 0) is 44.7 Å². The quantitative estimate of drug-likeness (QED) is 0.299. The van der Waals surface area contributed by atoms with Crippen molar-refractivity contribution in [3.05, 3.63) is 36.0 Å². The summed E-state index contributed by atoms with van der Waals surface area (Å²) in [5, 5.41) is 15.5. The van der Waals surface area contributed by atoms with Crippen molar-refractivity contribution in [2.45, 2.75) is 51.1 Å². The summed E-state index contributed by atoms with van der Waals surface area (Å²) < 4.78 is 10.9. The molecule has 1 aromatic carbocycles. The molecule has 3 aliphatic rings. The third-order valence-corrected chi connectivity index (χ3v) is 8.47. The van der Waals surface area contributed by atoms with Gasteiger partial charge < -0.3 is 39.9 Å². The van der Waals surface area contributed by atoms with Crippen LogP contribution in [0.25, 0.3) is 10.9 Å². The number of carbonyl (C=O) groups is 6. The molecule has 2 aromatic rings. The molecule has 252 valence electrons. The summed E-state index contributed by atoms with van der Waals surface area (Å²) >= 11 is 0. The monoisotopic (exact) mass is 652 g/mol. The molecular weight excluding hydrogens is 612 g/mol. The Morgan fingerprint density at radius 3 is 2.40 bits per heavy atom. The van der Waals surface area contributed by atoms with E-state index in [2.05, 4.69) is 15.6 Å². The van der Waals surface area contributed by atoms with Crippen LogP contribution in [0.1, 0.15) is 49.5 Å². The zero-order valence-corrected chi connectivity index (χ0v) is 26.3. The van der Waals surface area contributed by atoms with Crippen LogP contribution in [0, 0.1) is 5.92 Å². The topological polar surface area (TPSA) is 188 Å². The van der Waals surface area contributed by atoms with Gasteiger partial charge in [-0.25, -0.2) is 9.78 Å². The smallest absolute Gasteiger partial charge is 0.409 e. The lowest BCUT2D eigenvalue weighted by Crippen LogP contribution is -2.56. The first-order valence-electron chi connectivity index (χ1n) is 16.0. The molecule has 0 unspecified atom stereocenters. The zero-order chi connectivity index (χ0) is 33.5. The van der Waals surface area contributed by atoms with Crippen molar-refractivity contribution in [2.75, 3.05) is 52.5 Å². The summed E-state index contributed by atoms with van der Waals surface area (Å²) in [7, 11) is 0. The number of para-hydroxylation sites is 1. The van der Waals surface area contributed by atoms with Gasteiger partial charge in [0.15, 0.2) is 6.61 Å². The fourth-order valence-corrected chi connectivity index (χ4v) is 5.66. The second-order valence-electron chi connectivity index (χ2n) is 11.9. The highest BCUT2D eigenvalue weighted by atomic mass is 16.6. The Hall–Kier alpha value is -4.95. The van der Waals surface area contributed by atoms with Crippen LogP contribution in [0.2, 0.25) is 0 Å². The lowest BCUT2D eigenvalue weighted by molar-refractivity contribution is -0.138. The maximum Gasteiger partial charge on any atom is 0.409 e. The number of carboxylic acid groups (broad SMARTS) is 1. The SMILES string of the molecule is CCOC(=O)N1CCN(C(=O)[C@H](CCC(=O)O)NC(=O)c2cc(OCC(=O)N3CC[C@@H](C(=O)NC4CC4)C3)c3ccccc3n2)CC1.